The quantitative estimate of drug-likeness (QED) is 0.700. The van der Waals surface area contributed by atoms with Crippen LogP contribution >= 0.6 is 0 Å². The van der Waals surface area contributed by atoms with Crippen molar-refractivity contribution in [1.29, 1.82) is 0 Å². The van der Waals surface area contributed by atoms with Gasteiger partial charge >= 0.3 is 0 Å². The van der Waals surface area contributed by atoms with Gasteiger partial charge in [0.15, 0.2) is 0 Å². The fourth-order valence-electron chi connectivity index (χ4n) is 2.13. The fraction of sp³-hybridized carbons (Fsp3) is 0.385. The molecule has 0 unspecified atom stereocenters. The molecule has 1 aromatic carbocycles. The highest BCUT2D eigenvalue weighted by molar-refractivity contribution is 5.84. The SMILES string of the molecule is CCn1ccc2c(C(C)C)c(F)ccc21. The van der Waals surface area contributed by atoms with Crippen molar-refractivity contribution in [2.45, 2.75) is 33.2 Å². The maximum atomic E-state index is 13.7. The average Bonchev–Trinajstić information content (AvgIpc) is 2.59. The van der Waals surface area contributed by atoms with Crippen LogP contribution in [-0.2, 0) is 6.54 Å². The molecule has 2 aromatic rings. The Morgan fingerprint density at radius 1 is 1.27 bits per heavy atom. The van der Waals surface area contributed by atoms with Gasteiger partial charge < -0.3 is 4.57 Å². The van der Waals surface area contributed by atoms with E-state index in [1.54, 1.807) is 6.07 Å². The third kappa shape index (κ3) is 1.54. The van der Waals surface area contributed by atoms with Crippen molar-refractivity contribution < 1.29 is 4.39 Å². The molecule has 1 aromatic heterocycles. The maximum Gasteiger partial charge on any atom is 0.127 e. The van der Waals surface area contributed by atoms with Gasteiger partial charge in [0.25, 0.3) is 0 Å². The third-order valence-corrected chi connectivity index (χ3v) is 2.86. The van der Waals surface area contributed by atoms with E-state index in [-0.39, 0.29) is 11.7 Å². The summed E-state index contributed by atoms with van der Waals surface area (Å²) in [7, 11) is 0. The highest BCUT2D eigenvalue weighted by Gasteiger charge is 2.12. The predicted octanol–water partition coefficient (Wildman–Crippen LogP) is 3.92. The number of halogens is 1. The summed E-state index contributed by atoms with van der Waals surface area (Å²) >= 11 is 0. The molecule has 0 atom stereocenters. The minimum Gasteiger partial charge on any atom is -0.348 e. The second kappa shape index (κ2) is 3.69. The smallest absolute Gasteiger partial charge is 0.127 e. The van der Waals surface area contributed by atoms with Crippen LogP contribution in [0.25, 0.3) is 10.9 Å². The molecule has 1 heterocycles. The van der Waals surface area contributed by atoms with Crippen LogP contribution < -0.4 is 0 Å². The third-order valence-electron chi connectivity index (χ3n) is 2.86. The molecule has 80 valence electrons. The second-order valence-electron chi connectivity index (χ2n) is 4.15. The lowest BCUT2D eigenvalue weighted by Gasteiger charge is -2.09. The van der Waals surface area contributed by atoms with Crippen molar-refractivity contribution in [3.8, 4) is 0 Å². The van der Waals surface area contributed by atoms with E-state index >= 15 is 0 Å². The van der Waals surface area contributed by atoms with Gasteiger partial charge in [0.2, 0.25) is 0 Å². The maximum absolute atomic E-state index is 13.7. The molecule has 2 rings (SSSR count). The van der Waals surface area contributed by atoms with Gasteiger partial charge in [0, 0.05) is 23.6 Å². The minimum atomic E-state index is -0.0913. The van der Waals surface area contributed by atoms with Crippen LogP contribution in [0.4, 0.5) is 4.39 Å². The van der Waals surface area contributed by atoms with Gasteiger partial charge in [0.05, 0.1) is 0 Å². The monoisotopic (exact) mass is 205 g/mol. The zero-order valence-corrected chi connectivity index (χ0v) is 9.42. The Hall–Kier alpha value is -1.31. The molecule has 0 amide bonds. The number of benzene rings is 1. The molecule has 0 saturated heterocycles. The van der Waals surface area contributed by atoms with Gasteiger partial charge in [-0.2, -0.15) is 0 Å². The Labute approximate surface area is 89.5 Å². The van der Waals surface area contributed by atoms with E-state index in [0.29, 0.717) is 0 Å². The highest BCUT2D eigenvalue weighted by atomic mass is 19.1. The number of aromatic nitrogens is 1. The molecule has 0 aliphatic carbocycles. The van der Waals surface area contributed by atoms with Crippen LogP contribution in [-0.4, -0.2) is 4.57 Å². The summed E-state index contributed by atoms with van der Waals surface area (Å²) < 4.78 is 15.8. The Morgan fingerprint density at radius 3 is 2.60 bits per heavy atom. The molecule has 2 heteroatoms. The summed E-state index contributed by atoms with van der Waals surface area (Å²) in [6.45, 7) is 7.08. The fourth-order valence-corrected chi connectivity index (χ4v) is 2.13. The number of hydrogen-bond donors (Lipinski definition) is 0. The molecule has 0 aliphatic rings. The number of nitrogens with zero attached hydrogens (tertiary/aromatic N) is 1. The second-order valence-corrected chi connectivity index (χ2v) is 4.15. The summed E-state index contributed by atoms with van der Waals surface area (Å²) in [6, 6.07) is 5.45. The standard InChI is InChI=1S/C13H16FN/c1-4-15-8-7-10-12(15)6-5-11(14)13(10)9(2)3/h5-9H,4H2,1-3H3. The molecular weight excluding hydrogens is 189 g/mol. The molecule has 1 nitrogen and oxygen atoms in total. The van der Waals surface area contributed by atoms with Crippen molar-refractivity contribution in [2.24, 2.45) is 0 Å². The topological polar surface area (TPSA) is 4.93 Å². The number of aryl methyl sites for hydroxylation is 1. The Bertz CT molecular complexity index is 482. The van der Waals surface area contributed by atoms with E-state index in [9.17, 15) is 4.39 Å². The van der Waals surface area contributed by atoms with Crippen molar-refractivity contribution in [3.05, 3.63) is 35.8 Å². The summed E-state index contributed by atoms with van der Waals surface area (Å²) in [5.41, 5.74) is 1.96. The molecular formula is C13H16FN. The van der Waals surface area contributed by atoms with Gasteiger partial charge in [-0.15, -0.1) is 0 Å². The van der Waals surface area contributed by atoms with Crippen molar-refractivity contribution in [1.82, 2.24) is 4.57 Å². The molecule has 0 saturated carbocycles. The first-order valence-corrected chi connectivity index (χ1v) is 5.42. The molecule has 0 radical (unpaired) electrons. The first-order chi connectivity index (χ1) is 7.15. The Kier molecular flexibility index (Phi) is 2.51. The van der Waals surface area contributed by atoms with Crippen LogP contribution in [0.5, 0.6) is 0 Å². The zero-order valence-electron chi connectivity index (χ0n) is 9.42. The highest BCUT2D eigenvalue weighted by Crippen LogP contribution is 2.28. The van der Waals surface area contributed by atoms with Crippen LogP contribution in [0.2, 0.25) is 0 Å². The summed E-state index contributed by atoms with van der Waals surface area (Å²) in [5.74, 6) is 0.132. The summed E-state index contributed by atoms with van der Waals surface area (Å²) in [6.07, 6.45) is 2.02. The van der Waals surface area contributed by atoms with Gasteiger partial charge in [0.1, 0.15) is 5.82 Å². The zero-order chi connectivity index (χ0) is 11.0. The van der Waals surface area contributed by atoms with Crippen LogP contribution in [0.15, 0.2) is 24.4 Å². The average molecular weight is 205 g/mol. The predicted molar refractivity (Wildman–Crippen MR) is 61.7 cm³/mol. The van der Waals surface area contributed by atoms with Crippen LogP contribution in [0.1, 0.15) is 32.3 Å². The molecule has 0 N–H and O–H groups in total. The lowest BCUT2D eigenvalue weighted by atomic mass is 9.99. The number of rotatable bonds is 2. The van der Waals surface area contributed by atoms with Crippen LogP contribution in [0.3, 0.4) is 0 Å². The van der Waals surface area contributed by atoms with Gasteiger partial charge in [-0.25, -0.2) is 4.39 Å². The molecule has 0 aliphatic heterocycles. The van der Waals surface area contributed by atoms with Crippen LogP contribution in [0, 0.1) is 5.82 Å². The first-order valence-electron chi connectivity index (χ1n) is 5.42. The minimum absolute atomic E-state index is 0.0913. The Morgan fingerprint density at radius 2 is 2.00 bits per heavy atom. The van der Waals surface area contributed by atoms with Crippen molar-refractivity contribution in [3.63, 3.8) is 0 Å². The molecule has 0 spiro atoms. The lowest BCUT2D eigenvalue weighted by Crippen LogP contribution is -1.96. The van der Waals surface area contributed by atoms with Gasteiger partial charge in [-0.1, -0.05) is 13.8 Å². The summed E-state index contributed by atoms with van der Waals surface area (Å²) in [4.78, 5) is 0. The van der Waals surface area contributed by atoms with Gasteiger partial charge in [-0.05, 0) is 36.6 Å². The van der Waals surface area contributed by atoms with E-state index in [0.717, 1.165) is 23.0 Å². The van der Waals surface area contributed by atoms with Gasteiger partial charge in [-0.3, -0.25) is 0 Å². The van der Waals surface area contributed by atoms with Crippen molar-refractivity contribution in [2.75, 3.05) is 0 Å². The van der Waals surface area contributed by atoms with E-state index < -0.39 is 0 Å². The van der Waals surface area contributed by atoms with Crippen molar-refractivity contribution >= 4 is 10.9 Å². The van der Waals surface area contributed by atoms with E-state index in [2.05, 4.69) is 11.5 Å². The summed E-state index contributed by atoms with van der Waals surface area (Å²) in [5, 5.41) is 1.05. The first kappa shape index (κ1) is 10.2. The molecule has 0 bridgehead atoms. The number of fused-ring (bicyclic) bond motifs is 1. The Balaban J connectivity index is 2.77. The number of hydrogen-bond acceptors (Lipinski definition) is 0. The van der Waals surface area contributed by atoms with E-state index in [1.165, 1.54) is 0 Å². The normalized spacial score (nSPS) is 11.5. The molecule has 0 fully saturated rings. The molecule has 15 heavy (non-hydrogen) atoms. The largest absolute Gasteiger partial charge is 0.348 e. The lowest BCUT2D eigenvalue weighted by molar-refractivity contribution is 0.602. The van der Waals surface area contributed by atoms with E-state index in [1.807, 2.05) is 32.2 Å². The van der Waals surface area contributed by atoms with E-state index in [4.69, 9.17) is 0 Å².